The third-order valence-corrected chi connectivity index (χ3v) is 6.95. The van der Waals surface area contributed by atoms with E-state index in [-0.39, 0.29) is 6.10 Å². The number of thiocarbonyl (C=S) groups is 2. The molecule has 0 aliphatic carbocycles. The Labute approximate surface area is 215 Å². The SMILES string of the molecule is [C-]#[N+]C(C(=S)N1CCOCC1)=C1CCN(c2ccc(N3C[C@H](CNC(C)=S)OC3=O)cc2F)CC1. The van der Waals surface area contributed by atoms with Gasteiger partial charge < -0.3 is 24.6 Å². The first-order valence-electron chi connectivity index (χ1n) is 11.6. The first-order chi connectivity index (χ1) is 16.9. The Kier molecular flexibility index (Phi) is 8.15. The number of piperidine rings is 1. The molecule has 4 rings (SSSR count). The van der Waals surface area contributed by atoms with Gasteiger partial charge in [0.05, 0.1) is 49.2 Å². The van der Waals surface area contributed by atoms with Crippen LogP contribution in [0.5, 0.6) is 0 Å². The minimum atomic E-state index is -0.498. The molecular weight excluding hydrogens is 489 g/mol. The van der Waals surface area contributed by atoms with Gasteiger partial charge in [-0.1, -0.05) is 30.0 Å². The van der Waals surface area contributed by atoms with Gasteiger partial charge in [0.15, 0.2) is 0 Å². The number of cyclic esters (lactones) is 1. The van der Waals surface area contributed by atoms with Crippen LogP contribution in [0.15, 0.2) is 29.5 Å². The largest absolute Gasteiger partial charge is 0.442 e. The van der Waals surface area contributed by atoms with Crippen LogP contribution in [0.1, 0.15) is 19.8 Å². The zero-order valence-electron chi connectivity index (χ0n) is 19.6. The van der Waals surface area contributed by atoms with E-state index in [4.69, 9.17) is 40.5 Å². The van der Waals surface area contributed by atoms with Gasteiger partial charge in [-0.2, -0.15) is 0 Å². The molecule has 3 aliphatic rings. The van der Waals surface area contributed by atoms with Crippen LogP contribution in [0.3, 0.4) is 0 Å². The van der Waals surface area contributed by atoms with Crippen molar-refractivity contribution >= 4 is 51.9 Å². The number of morpholine rings is 1. The van der Waals surface area contributed by atoms with E-state index < -0.39 is 11.9 Å². The number of carbonyl (C=O) groups is 1. The van der Waals surface area contributed by atoms with E-state index in [9.17, 15) is 4.79 Å². The van der Waals surface area contributed by atoms with Gasteiger partial charge in [-0.25, -0.2) is 14.0 Å². The van der Waals surface area contributed by atoms with E-state index in [0.29, 0.717) is 92.4 Å². The molecular formula is C24H28FN5O3S2. The van der Waals surface area contributed by atoms with Crippen LogP contribution in [0, 0.1) is 12.4 Å². The summed E-state index contributed by atoms with van der Waals surface area (Å²) in [6.07, 6.45) is 0.447. The summed E-state index contributed by atoms with van der Waals surface area (Å²) in [5.41, 5.74) is 2.52. The van der Waals surface area contributed by atoms with E-state index in [1.165, 1.54) is 11.0 Å². The van der Waals surface area contributed by atoms with Crippen molar-refractivity contribution in [2.45, 2.75) is 25.9 Å². The molecule has 8 nitrogen and oxygen atoms in total. The second-order valence-corrected chi connectivity index (χ2v) is 9.64. The Morgan fingerprint density at radius 3 is 2.57 bits per heavy atom. The smallest absolute Gasteiger partial charge is 0.414 e. The standard InChI is InChI=1S/C24H28FN5O3S2/c1-16(34)27-14-19-15-30(24(31)33-19)18-3-4-21(20(25)13-18)28-7-5-17(6-8-28)22(26-2)23(35)29-9-11-32-12-10-29/h3-4,13,19H,5-12,14-15H2,1H3,(H,27,34)/t19-/m0/s1. The molecule has 11 heteroatoms. The van der Waals surface area contributed by atoms with Crippen LogP contribution in [0.25, 0.3) is 4.85 Å². The van der Waals surface area contributed by atoms with Crippen LogP contribution < -0.4 is 15.1 Å². The van der Waals surface area contributed by atoms with Crippen LogP contribution >= 0.6 is 24.4 Å². The fraction of sp³-hybridized carbons (Fsp3) is 0.500. The second-order valence-electron chi connectivity index (χ2n) is 8.64. The Morgan fingerprint density at radius 1 is 1.23 bits per heavy atom. The summed E-state index contributed by atoms with van der Waals surface area (Å²) in [5, 5.41) is 2.99. The van der Waals surface area contributed by atoms with Gasteiger partial charge in [-0.05, 0) is 38.0 Å². The highest BCUT2D eigenvalue weighted by Gasteiger charge is 2.33. The number of nitrogens with zero attached hydrogens (tertiary/aromatic N) is 4. The summed E-state index contributed by atoms with van der Waals surface area (Å²) in [4.78, 5) is 22.7. The molecule has 0 aromatic heterocycles. The van der Waals surface area contributed by atoms with E-state index in [1.807, 2.05) is 9.80 Å². The van der Waals surface area contributed by atoms with Gasteiger partial charge in [0.2, 0.25) is 5.70 Å². The third kappa shape index (κ3) is 5.89. The lowest BCUT2D eigenvalue weighted by molar-refractivity contribution is 0.0692. The number of ether oxygens (including phenoxy) is 2. The molecule has 1 N–H and O–H groups in total. The van der Waals surface area contributed by atoms with Gasteiger partial charge in [-0.15, -0.1) is 0 Å². The second kappa shape index (κ2) is 11.3. The maximum atomic E-state index is 15.1. The molecule has 0 bridgehead atoms. The summed E-state index contributed by atoms with van der Waals surface area (Å²) in [6, 6.07) is 4.82. The van der Waals surface area contributed by atoms with Crippen LogP contribution in [0.4, 0.5) is 20.6 Å². The van der Waals surface area contributed by atoms with Crippen molar-refractivity contribution in [1.82, 2.24) is 10.2 Å². The lowest BCUT2D eigenvalue weighted by atomic mass is 10.0. The molecule has 1 amide bonds. The predicted molar refractivity (Wildman–Crippen MR) is 140 cm³/mol. The van der Waals surface area contributed by atoms with Gasteiger partial charge in [0.1, 0.15) is 16.9 Å². The van der Waals surface area contributed by atoms with Crippen LogP contribution in [0.2, 0.25) is 0 Å². The lowest BCUT2D eigenvalue weighted by Gasteiger charge is -2.33. The fourth-order valence-corrected chi connectivity index (χ4v) is 4.92. The minimum absolute atomic E-state index is 0.327. The minimum Gasteiger partial charge on any atom is -0.442 e. The number of benzene rings is 1. The topological polar surface area (TPSA) is 61.6 Å². The quantitative estimate of drug-likeness (QED) is 0.362. The zero-order valence-corrected chi connectivity index (χ0v) is 21.2. The number of hydrogen-bond donors (Lipinski definition) is 1. The monoisotopic (exact) mass is 517 g/mol. The lowest BCUT2D eigenvalue weighted by Crippen LogP contribution is -2.41. The maximum absolute atomic E-state index is 15.1. The van der Waals surface area contributed by atoms with Crippen LogP contribution in [-0.2, 0) is 9.47 Å². The first-order valence-corrected chi connectivity index (χ1v) is 12.4. The Hall–Kier alpha value is -2.81. The fourth-order valence-electron chi connectivity index (χ4n) is 4.47. The van der Waals surface area contributed by atoms with E-state index in [1.54, 1.807) is 19.1 Å². The third-order valence-electron chi connectivity index (χ3n) is 6.35. The highest BCUT2D eigenvalue weighted by molar-refractivity contribution is 7.80. The van der Waals surface area contributed by atoms with Crippen molar-refractivity contribution in [1.29, 1.82) is 0 Å². The molecule has 1 aromatic rings. The summed E-state index contributed by atoms with van der Waals surface area (Å²) >= 11 is 10.6. The van der Waals surface area contributed by atoms with Gasteiger partial charge in [-0.3, -0.25) is 4.90 Å². The van der Waals surface area contributed by atoms with Crippen LogP contribution in [-0.4, -0.2) is 79.6 Å². The average molecular weight is 518 g/mol. The molecule has 3 heterocycles. The number of rotatable bonds is 5. The summed E-state index contributed by atoms with van der Waals surface area (Å²) in [7, 11) is 0. The predicted octanol–water partition coefficient (Wildman–Crippen LogP) is 3.52. The molecule has 1 aromatic carbocycles. The van der Waals surface area contributed by atoms with Gasteiger partial charge in [0, 0.05) is 26.2 Å². The van der Waals surface area contributed by atoms with Crippen molar-refractivity contribution in [3.63, 3.8) is 0 Å². The molecule has 0 radical (unpaired) electrons. The average Bonchev–Trinajstić information content (AvgIpc) is 3.24. The van der Waals surface area contributed by atoms with E-state index in [2.05, 4.69) is 10.2 Å². The number of amides is 1. The Balaban J connectivity index is 1.40. The molecule has 3 saturated heterocycles. The molecule has 35 heavy (non-hydrogen) atoms. The molecule has 0 spiro atoms. The summed E-state index contributed by atoms with van der Waals surface area (Å²) < 4.78 is 25.8. The molecule has 3 aliphatic heterocycles. The van der Waals surface area contributed by atoms with Crippen molar-refractivity contribution in [2.24, 2.45) is 0 Å². The number of halogens is 1. The molecule has 0 unspecified atom stereocenters. The van der Waals surface area contributed by atoms with Crippen molar-refractivity contribution in [2.75, 3.05) is 62.3 Å². The maximum Gasteiger partial charge on any atom is 0.414 e. The summed E-state index contributed by atoms with van der Waals surface area (Å²) in [5.74, 6) is -0.395. The Bertz CT molecular complexity index is 1070. The summed E-state index contributed by atoms with van der Waals surface area (Å²) in [6.45, 7) is 14.0. The van der Waals surface area contributed by atoms with Crippen molar-refractivity contribution < 1.29 is 18.7 Å². The number of anilines is 2. The van der Waals surface area contributed by atoms with E-state index >= 15 is 4.39 Å². The highest BCUT2D eigenvalue weighted by atomic mass is 32.1. The first kappa shape index (κ1) is 25.3. The highest BCUT2D eigenvalue weighted by Crippen LogP contribution is 2.31. The number of nitrogens with one attached hydrogen (secondary N) is 1. The van der Waals surface area contributed by atoms with E-state index in [0.717, 1.165) is 5.57 Å². The number of hydrogen-bond acceptors (Lipinski definition) is 6. The normalized spacial score (nSPS) is 20.4. The number of carbonyl (C=O) groups excluding carboxylic acids is 1. The molecule has 3 fully saturated rings. The van der Waals surface area contributed by atoms with Gasteiger partial charge >= 0.3 is 6.09 Å². The molecule has 0 saturated carbocycles. The van der Waals surface area contributed by atoms with Gasteiger partial charge in [0.25, 0.3) is 0 Å². The molecule has 186 valence electrons. The zero-order chi connectivity index (χ0) is 24.9. The van der Waals surface area contributed by atoms with Crippen molar-refractivity contribution in [3.05, 3.63) is 46.7 Å². The Morgan fingerprint density at radius 2 is 1.94 bits per heavy atom. The molecule has 1 atom stereocenters. The van der Waals surface area contributed by atoms with Crippen molar-refractivity contribution in [3.8, 4) is 0 Å².